The van der Waals surface area contributed by atoms with E-state index in [4.69, 9.17) is 16.3 Å². The average molecular weight is 331 g/mol. The van der Waals surface area contributed by atoms with Gasteiger partial charge in [0.2, 0.25) is 0 Å². The minimum Gasteiger partial charge on any atom is -0.442 e. The van der Waals surface area contributed by atoms with Gasteiger partial charge in [0.05, 0.1) is 29.8 Å². The lowest BCUT2D eigenvalue weighted by Gasteiger charge is -2.22. The summed E-state index contributed by atoms with van der Waals surface area (Å²) in [6.07, 6.45) is 2.95. The average Bonchev–Trinajstić information content (AvgIpc) is 3.08. The van der Waals surface area contributed by atoms with Gasteiger partial charge in [-0.3, -0.25) is 9.88 Å². The predicted octanol–water partition coefficient (Wildman–Crippen LogP) is 2.34. The van der Waals surface area contributed by atoms with E-state index in [1.807, 2.05) is 30.3 Å². The monoisotopic (exact) mass is 330 g/mol. The van der Waals surface area contributed by atoms with E-state index < -0.39 is 0 Å². The molecule has 2 fully saturated rings. The van der Waals surface area contributed by atoms with E-state index in [0.29, 0.717) is 24.7 Å². The standard InChI is InChI=1S/C16H15ClN4O2/c17-11-4-5-15(19-7-11)20-9-13-14(10-20)23-16(22)21(13)8-12-3-1-2-6-18-12/h1-7,13-14H,8-10H2/t13-,14+/m1/s1. The number of anilines is 1. The minimum absolute atomic E-state index is 0.0157. The number of aromatic nitrogens is 2. The molecule has 2 aliphatic rings. The zero-order chi connectivity index (χ0) is 15.8. The maximum Gasteiger partial charge on any atom is 0.410 e. The van der Waals surface area contributed by atoms with Gasteiger partial charge >= 0.3 is 6.09 Å². The lowest BCUT2D eigenvalue weighted by atomic mass is 10.2. The summed E-state index contributed by atoms with van der Waals surface area (Å²) in [5.74, 6) is 0.845. The molecule has 118 valence electrons. The second-order valence-corrected chi connectivity index (χ2v) is 6.11. The normalized spacial score (nSPS) is 23.1. The van der Waals surface area contributed by atoms with Crippen molar-refractivity contribution in [3.63, 3.8) is 0 Å². The van der Waals surface area contributed by atoms with Crippen molar-refractivity contribution in [3.8, 4) is 0 Å². The predicted molar refractivity (Wildman–Crippen MR) is 85.3 cm³/mol. The first-order valence-electron chi connectivity index (χ1n) is 7.44. The fraction of sp³-hybridized carbons (Fsp3) is 0.312. The van der Waals surface area contributed by atoms with Crippen molar-refractivity contribution in [2.45, 2.75) is 18.7 Å². The molecule has 0 saturated carbocycles. The number of pyridine rings is 2. The molecule has 4 heterocycles. The first kappa shape index (κ1) is 14.3. The third kappa shape index (κ3) is 2.70. The Labute approximate surface area is 138 Å². The molecule has 6 nitrogen and oxygen atoms in total. The number of nitrogens with zero attached hydrogens (tertiary/aromatic N) is 4. The molecule has 2 saturated heterocycles. The number of carbonyl (C=O) groups excluding carboxylic acids is 1. The van der Waals surface area contributed by atoms with Gasteiger partial charge in [-0.2, -0.15) is 0 Å². The van der Waals surface area contributed by atoms with Gasteiger partial charge in [-0.1, -0.05) is 17.7 Å². The Kier molecular flexibility index (Phi) is 3.53. The van der Waals surface area contributed by atoms with Gasteiger partial charge in [0.25, 0.3) is 0 Å². The maximum atomic E-state index is 12.1. The number of hydrogen-bond donors (Lipinski definition) is 0. The number of carbonyl (C=O) groups is 1. The van der Waals surface area contributed by atoms with Crippen LogP contribution >= 0.6 is 11.6 Å². The van der Waals surface area contributed by atoms with E-state index in [9.17, 15) is 4.79 Å². The summed E-state index contributed by atoms with van der Waals surface area (Å²) >= 11 is 5.88. The molecule has 23 heavy (non-hydrogen) atoms. The maximum absolute atomic E-state index is 12.1. The SMILES string of the molecule is O=C1O[C@H]2CN(c3ccc(Cl)cn3)C[C@H]2N1Cc1ccccn1. The number of halogens is 1. The summed E-state index contributed by atoms with van der Waals surface area (Å²) in [5.41, 5.74) is 0.855. The number of hydrogen-bond acceptors (Lipinski definition) is 5. The van der Waals surface area contributed by atoms with E-state index in [0.717, 1.165) is 11.5 Å². The van der Waals surface area contributed by atoms with Gasteiger partial charge in [0.1, 0.15) is 11.9 Å². The second-order valence-electron chi connectivity index (χ2n) is 5.68. The molecule has 0 aromatic carbocycles. The molecule has 0 unspecified atom stereocenters. The van der Waals surface area contributed by atoms with Crippen LogP contribution in [0.3, 0.4) is 0 Å². The summed E-state index contributed by atoms with van der Waals surface area (Å²) in [6.45, 7) is 1.80. The second kappa shape index (κ2) is 5.70. The number of ether oxygens (including phenoxy) is 1. The van der Waals surface area contributed by atoms with Crippen LogP contribution < -0.4 is 4.90 Å². The van der Waals surface area contributed by atoms with Crippen LogP contribution in [0.5, 0.6) is 0 Å². The molecular weight excluding hydrogens is 316 g/mol. The topological polar surface area (TPSA) is 58.6 Å². The number of amides is 1. The lowest BCUT2D eigenvalue weighted by Crippen LogP contribution is -2.37. The molecule has 2 aliphatic heterocycles. The number of rotatable bonds is 3. The Morgan fingerprint density at radius 3 is 2.87 bits per heavy atom. The molecule has 0 aliphatic carbocycles. The van der Waals surface area contributed by atoms with Gasteiger partial charge in [-0.15, -0.1) is 0 Å². The molecule has 2 aromatic rings. The highest BCUT2D eigenvalue weighted by Gasteiger charge is 2.48. The number of fused-ring (bicyclic) bond motifs is 1. The van der Waals surface area contributed by atoms with Gasteiger partial charge in [-0.25, -0.2) is 9.78 Å². The van der Waals surface area contributed by atoms with Crippen molar-refractivity contribution < 1.29 is 9.53 Å². The van der Waals surface area contributed by atoms with Crippen LogP contribution in [0.2, 0.25) is 5.02 Å². The van der Waals surface area contributed by atoms with Crippen molar-refractivity contribution in [1.29, 1.82) is 0 Å². The summed E-state index contributed by atoms with van der Waals surface area (Å²) in [5, 5.41) is 0.608. The fourth-order valence-electron chi connectivity index (χ4n) is 3.09. The summed E-state index contributed by atoms with van der Waals surface area (Å²) in [7, 11) is 0. The van der Waals surface area contributed by atoms with Crippen LogP contribution in [0.25, 0.3) is 0 Å². The van der Waals surface area contributed by atoms with Crippen molar-refractivity contribution >= 4 is 23.5 Å². The van der Waals surface area contributed by atoms with Crippen LogP contribution in [-0.2, 0) is 11.3 Å². The highest BCUT2D eigenvalue weighted by molar-refractivity contribution is 6.30. The third-order valence-electron chi connectivity index (χ3n) is 4.22. The lowest BCUT2D eigenvalue weighted by molar-refractivity contribution is 0.135. The summed E-state index contributed by atoms with van der Waals surface area (Å²) in [6, 6.07) is 9.40. The highest BCUT2D eigenvalue weighted by atomic mass is 35.5. The van der Waals surface area contributed by atoms with Crippen LogP contribution in [0, 0.1) is 0 Å². The van der Waals surface area contributed by atoms with Crippen LogP contribution in [0.15, 0.2) is 42.7 Å². The molecule has 0 bridgehead atoms. The van der Waals surface area contributed by atoms with Crippen molar-refractivity contribution in [1.82, 2.24) is 14.9 Å². The molecule has 0 N–H and O–H groups in total. The first-order valence-corrected chi connectivity index (χ1v) is 7.82. The quantitative estimate of drug-likeness (QED) is 0.864. The molecular formula is C16H15ClN4O2. The molecule has 4 rings (SSSR count). The Morgan fingerprint density at radius 1 is 1.22 bits per heavy atom. The Balaban J connectivity index is 1.51. The van der Waals surface area contributed by atoms with E-state index in [2.05, 4.69) is 14.9 Å². The van der Waals surface area contributed by atoms with Gasteiger partial charge in [-0.05, 0) is 24.3 Å². The van der Waals surface area contributed by atoms with E-state index in [1.165, 1.54) is 0 Å². The Bertz CT molecular complexity index is 710. The summed E-state index contributed by atoms with van der Waals surface area (Å²) in [4.78, 5) is 24.6. The van der Waals surface area contributed by atoms with Crippen molar-refractivity contribution in [2.24, 2.45) is 0 Å². The largest absolute Gasteiger partial charge is 0.442 e. The molecule has 0 spiro atoms. The molecule has 0 radical (unpaired) electrons. The molecule has 2 atom stereocenters. The van der Waals surface area contributed by atoms with Crippen LogP contribution in [-0.4, -0.2) is 46.2 Å². The minimum atomic E-state index is -0.269. The summed E-state index contributed by atoms with van der Waals surface area (Å²) < 4.78 is 5.51. The third-order valence-corrected chi connectivity index (χ3v) is 4.44. The fourth-order valence-corrected chi connectivity index (χ4v) is 3.21. The van der Waals surface area contributed by atoms with E-state index in [1.54, 1.807) is 17.3 Å². The van der Waals surface area contributed by atoms with E-state index >= 15 is 0 Å². The van der Waals surface area contributed by atoms with Crippen molar-refractivity contribution in [2.75, 3.05) is 18.0 Å². The Hall–Kier alpha value is -2.34. The van der Waals surface area contributed by atoms with Crippen LogP contribution in [0.1, 0.15) is 5.69 Å². The van der Waals surface area contributed by atoms with Gasteiger partial charge in [0.15, 0.2) is 0 Å². The van der Waals surface area contributed by atoms with Crippen LogP contribution in [0.4, 0.5) is 10.6 Å². The van der Waals surface area contributed by atoms with E-state index in [-0.39, 0.29) is 18.2 Å². The van der Waals surface area contributed by atoms with Gasteiger partial charge < -0.3 is 9.64 Å². The highest BCUT2D eigenvalue weighted by Crippen LogP contribution is 2.30. The molecule has 2 aromatic heterocycles. The zero-order valence-electron chi connectivity index (χ0n) is 12.3. The first-order chi connectivity index (χ1) is 11.2. The zero-order valence-corrected chi connectivity index (χ0v) is 13.1. The molecule has 1 amide bonds. The van der Waals surface area contributed by atoms with Gasteiger partial charge in [0, 0.05) is 18.9 Å². The smallest absolute Gasteiger partial charge is 0.410 e. The molecule has 7 heteroatoms. The van der Waals surface area contributed by atoms with Crippen molar-refractivity contribution in [3.05, 3.63) is 53.4 Å². The Morgan fingerprint density at radius 2 is 2.13 bits per heavy atom.